The fourth-order valence-corrected chi connectivity index (χ4v) is 2.28. The number of alkyl halides is 1. The molecule has 0 heterocycles. The predicted molar refractivity (Wildman–Crippen MR) is 78.9 cm³/mol. The molecular formula is C12H17BrN2O3S. The van der Waals surface area contributed by atoms with Crippen molar-refractivity contribution in [3.05, 3.63) is 35.4 Å². The van der Waals surface area contributed by atoms with Crippen LogP contribution >= 0.6 is 15.9 Å². The lowest BCUT2D eigenvalue weighted by molar-refractivity contribution is 0.0953. The Bertz CT molecular complexity index is 514. The number of rotatable bonds is 7. The van der Waals surface area contributed by atoms with Crippen molar-refractivity contribution in [3.8, 4) is 0 Å². The zero-order chi connectivity index (χ0) is 14.3. The second-order valence-corrected chi connectivity index (χ2v) is 6.50. The number of carbonyl (C=O) groups is 1. The average Bonchev–Trinajstić information content (AvgIpc) is 2.37. The van der Waals surface area contributed by atoms with Crippen LogP contribution in [-0.4, -0.2) is 33.7 Å². The van der Waals surface area contributed by atoms with Crippen LogP contribution in [0.2, 0.25) is 0 Å². The molecule has 5 nitrogen and oxygen atoms in total. The molecule has 0 bridgehead atoms. The number of amides is 1. The first-order chi connectivity index (χ1) is 8.92. The highest BCUT2D eigenvalue weighted by Gasteiger charge is 2.04. The van der Waals surface area contributed by atoms with Crippen LogP contribution in [0.25, 0.3) is 0 Å². The highest BCUT2D eigenvalue weighted by molar-refractivity contribution is 9.08. The summed E-state index contributed by atoms with van der Waals surface area (Å²) < 4.78 is 24.0. The monoisotopic (exact) mass is 348 g/mol. The Morgan fingerprint density at radius 2 is 1.84 bits per heavy atom. The molecule has 0 atom stereocenters. The Hall–Kier alpha value is -0.920. The summed E-state index contributed by atoms with van der Waals surface area (Å²) in [5.74, 6) is -0.152. The van der Waals surface area contributed by atoms with Crippen molar-refractivity contribution in [2.24, 2.45) is 0 Å². The van der Waals surface area contributed by atoms with Crippen molar-refractivity contribution in [1.29, 1.82) is 0 Å². The SMILES string of the molecule is CS(=O)(=O)NCCCNC(=O)c1ccc(CBr)cc1. The van der Waals surface area contributed by atoms with Gasteiger partial charge in [0.25, 0.3) is 5.91 Å². The van der Waals surface area contributed by atoms with E-state index in [1.807, 2.05) is 12.1 Å². The molecule has 1 rings (SSSR count). The van der Waals surface area contributed by atoms with E-state index in [0.29, 0.717) is 25.1 Å². The summed E-state index contributed by atoms with van der Waals surface area (Å²) in [5, 5.41) is 3.49. The molecule has 0 unspecified atom stereocenters. The molecule has 0 saturated carbocycles. The van der Waals surface area contributed by atoms with E-state index in [2.05, 4.69) is 26.0 Å². The molecule has 0 aromatic heterocycles. The van der Waals surface area contributed by atoms with E-state index >= 15 is 0 Å². The Morgan fingerprint density at radius 1 is 1.21 bits per heavy atom. The van der Waals surface area contributed by atoms with E-state index in [-0.39, 0.29) is 5.91 Å². The van der Waals surface area contributed by atoms with Gasteiger partial charge in [0.1, 0.15) is 0 Å². The zero-order valence-corrected chi connectivity index (χ0v) is 13.1. The molecule has 0 aliphatic heterocycles. The van der Waals surface area contributed by atoms with Gasteiger partial charge in [0.2, 0.25) is 10.0 Å². The maximum atomic E-state index is 11.7. The van der Waals surface area contributed by atoms with Gasteiger partial charge >= 0.3 is 0 Å². The summed E-state index contributed by atoms with van der Waals surface area (Å²) in [7, 11) is -3.15. The van der Waals surface area contributed by atoms with Gasteiger partial charge in [0, 0.05) is 24.0 Å². The third-order valence-corrected chi connectivity index (χ3v) is 3.75. The van der Waals surface area contributed by atoms with Crippen LogP contribution in [0.3, 0.4) is 0 Å². The summed E-state index contributed by atoms with van der Waals surface area (Å²) in [4.78, 5) is 11.7. The average molecular weight is 349 g/mol. The first kappa shape index (κ1) is 16.1. The molecule has 0 fully saturated rings. The minimum absolute atomic E-state index is 0.152. The Balaban J connectivity index is 2.31. The lowest BCUT2D eigenvalue weighted by Crippen LogP contribution is -2.29. The summed E-state index contributed by atoms with van der Waals surface area (Å²) in [6, 6.07) is 7.30. The number of halogens is 1. The van der Waals surface area contributed by atoms with E-state index in [4.69, 9.17) is 0 Å². The fourth-order valence-electron chi connectivity index (χ4n) is 1.40. The second-order valence-electron chi connectivity index (χ2n) is 4.11. The smallest absolute Gasteiger partial charge is 0.251 e. The van der Waals surface area contributed by atoms with Crippen molar-refractivity contribution in [1.82, 2.24) is 10.0 Å². The lowest BCUT2D eigenvalue weighted by atomic mass is 10.1. The highest BCUT2D eigenvalue weighted by Crippen LogP contribution is 2.07. The van der Waals surface area contributed by atoms with Gasteiger partial charge in [-0.1, -0.05) is 28.1 Å². The second kappa shape index (κ2) is 7.62. The summed E-state index contributed by atoms with van der Waals surface area (Å²) in [5.41, 5.74) is 1.70. The Labute approximate surface area is 122 Å². The van der Waals surface area contributed by atoms with Crippen molar-refractivity contribution >= 4 is 31.9 Å². The van der Waals surface area contributed by atoms with Crippen LogP contribution in [0.15, 0.2) is 24.3 Å². The molecule has 0 saturated heterocycles. The van der Waals surface area contributed by atoms with Crippen LogP contribution in [-0.2, 0) is 15.4 Å². The molecule has 0 aliphatic carbocycles. The normalized spacial score (nSPS) is 11.3. The fraction of sp³-hybridized carbons (Fsp3) is 0.417. The molecule has 1 aromatic rings. The molecule has 19 heavy (non-hydrogen) atoms. The van der Waals surface area contributed by atoms with Crippen molar-refractivity contribution in [2.75, 3.05) is 19.3 Å². The van der Waals surface area contributed by atoms with Gasteiger partial charge in [-0.05, 0) is 24.1 Å². The first-order valence-corrected chi connectivity index (χ1v) is 8.81. The van der Waals surface area contributed by atoms with Gasteiger partial charge in [-0.15, -0.1) is 0 Å². The molecule has 106 valence electrons. The van der Waals surface area contributed by atoms with Crippen LogP contribution < -0.4 is 10.0 Å². The Morgan fingerprint density at radius 3 is 2.37 bits per heavy atom. The third-order valence-electron chi connectivity index (χ3n) is 2.37. The molecule has 0 spiro atoms. The van der Waals surface area contributed by atoms with Gasteiger partial charge in [0.05, 0.1) is 6.26 Å². The summed E-state index contributed by atoms with van der Waals surface area (Å²) in [6.07, 6.45) is 1.66. The minimum atomic E-state index is -3.15. The van der Waals surface area contributed by atoms with Gasteiger partial charge in [-0.3, -0.25) is 4.79 Å². The minimum Gasteiger partial charge on any atom is -0.352 e. The number of hydrogen-bond donors (Lipinski definition) is 2. The topological polar surface area (TPSA) is 75.3 Å². The van der Waals surface area contributed by atoms with Crippen molar-refractivity contribution in [3.63, 3.8) is 0 Å². The molecule has 1 amide bonds. The molecule has 7 heteroatoms. The van der Waals surface area contributed by atoms with E-state index in [1.165, 1.54) is 0 Å². The molecule has 0 radical (unpaired) electrons. The number of sulfonamides is 1. The predicted octanol–water partition coefficient (Wildman–Crippen LogP) is 1.25. The van der Waals surface area contributed by atoms with Crippen LogP contribution in [0.5, 0.6) is 0 Å². The number of carbonyl (C=O) groups excluding carboxylic acids is 1. The standard InChI is InChI=1S/C12H17BrN2O3S/c1-19(17,18)15-8-2-7-14-12(16)11-5-3-10(9-13)4-6-11/h3-6,15H,2,7-9H2,1H3,(H,14,16). The number of benzene rings is 1. The highest BCUT2D eigenvalue weighted by atomic mass is 79.9. The molecule has 1 aromatic carbocycles. The first-order valence-electron chi connectivity index (χ1n) is 5.80. The van der Waals surface area contributed by atoms with E-state index in [9.17, 15) is 13.2 Å². The van der Waals surface area contributed by atoms with Gasteiger partial charge < -0.3 is 5.32 Å². The van der Waals surface area contributed by atoms with Gasteiger partial charge in [-0.2, -0.15) is 0 Å². The largest absolute Gasteiger partial charge is 0.352 e. The van der Waals surface area contributed by atoms with Crippen molar-refractivity contribution in [2.45, 2.75) is 11.8 Å². The number of nitrogens with one attached hydrogen (secondary N) is 2. The summed E-state index contributed by atoms with van der Waals surface area (Å²) >= 11 is 3.34. The maximum absolute atomic E-state index is 11.7. The summed E-state index contributed by atoms with van der Waals surface area (Å²) in [6.45, 7) is 0.753. The molecule has 0 aliphatic rings. The number of hydrogen-bond acceptors (Lipinski definition) is 3. The third kappa shape index (κ3) is 6.70. The zero-order valence-electron chi connectivity index (χ0n) is 10.6. The van der Waals surface area contributed by atoms with Crippen molar-refractivity contribution < 1.29 is 13.2 Å². The van der Waals surface area contributed by atoms with E-state index in [0.717, 1.165) is 17.1 Å². The van der Waals surface area contributed by atoms with Crippen LogP contribution in [0.4, 0.5) is 0 Å². The van der Waals surface area contributed by atoms with E-state index in [1.54, 1.807) is 12.1 Å². The van der Waals surface area contributed by atoms with Crippen LogP contribution in [0, 0.1) is 0 Å². The quantitative estimate of drug-likeness (QED) is 0.575. The van der Waals surface area contributed by atoms with Gasteiger partial charge in [0.15, 0.2) is 0 Å². The van der Waals surface area contributed by atoms with Crippen LogP contribution in [0.1, 0.15) is 22.3 Å². The molecule has 2 N–H and O–H groups in total. The van der Waals surface area contributed by atoms with E-state index < -0.39 is 10.0 Å². The maximum Gasteiger partial charge on any atom is 0.251 e. The Kier molecular flexibility index (Phi) is 6.47. The lowest BCUT2D eigenvalue weighted by Gasteiger charge is -2.06. The molecular weight excluding hydrogens is 332 g/mol. The van der Waals surface area contributed by atoms with Gasteiger partial charge in [-0.25, -0.2) is 13.1 Å².